The number of halogens is 1. The van der Waals surface area contributed by atoms with Crippen LogP contribution in [0.15, 0.2) is 40.7 Å². The molecule has 30 heavy (non-hydrogen) atoms. The fraction of sp³-hybridized carbons (Fsp3) is 0.316. The van der Waals surface area contributed by atoms with Gasteiger partial charge in [0.05, 0.1) is 12.3 Å². The molecule has 4 N–H and O–H groups in total. The van der Waals surface area contributed by atoms with Gasteiger partial charge < -0.3 is 25.9 Å². The minimum absolute atomic E-state index is 0.173. The highest BCUT2D eigenvalue weighted by Gasteiger charge is 2.21. The van der Waals surface area contributed by atoms with E-state index in [0.29, 0.717) is 24.7 Å². The molecular formula is C19H22FN7O3. The molecule has 1 aromatic carbocycles. The number of nitrogens with two attached hydrogens (primary N) is 2. The SMILES string of the molecule is CCO/N=C1/CCN(c2ncc(-c3cccc(COC(=O)N=C(N)N)c3F)cn2)C1. The van der Waals surface area contributed by atoms with Gasteiger partial charge in [-0.25, -0.2) is 19.2 Å². The van der Waals surface area contributed by atoms with E-state index in [0.717, 1.165) is 18.7 Å². The van der Waals surface area contributed by atoms with E-state index in [1.165, 1.54) is 6.07 Å². The highest BCUT2D eigenvalue weighted by atomic mass is 19.1. The number of hydrogen-bond acceptors (Lipinski definition) is 7. The van der Waals surface area contributed by atoms with Gasteiger partial charge in [-0.2, -0.15) is 0 Å². The zero-order valence-corrected chi connectivity index (χ0v) is 16.4. The number of anilines is 1. The molecule has 0 aliphatic carbocycles. The second-order valence-electron chi connectivity index (χ2n) is 6.39. The van der Waals surface area contributed by atoms with Crippen LogP contribution < -0.4 is 16.4 Å². The molecule has 158 valence electrons. The van der Waals surface area contributed by atoms with E-state index in [2.05, 4.69) is 20.1 Å². The summed E-state index contributed by atoms with van der Waals surface area (Å²) in [4.78, 5) is 30.4. The standard InChI is InChI=1S/C19H22FN7O3/c1-2-30-26-14-6-7-27(10-14)18-23-8-13(9-24-18)15-5-3-4-12(16(15)20)11-29-19(28)25-17(21)22/h3-5,8-9H,2,6-7,10-11H2,1H3,(H4,21,22,25,28)/b26-14-. The van der Waals surface area contributed by atoms with Gasteiger partial charge in [-0.05, 0) is 6.92 Å². The van der Waals surface area contributed by atoms with E-state index >= 15 is 0 Å². The molecule has 0 bridgehead atoms. The van der Waals surface area contributed by atoms with E-state index in [-0.39, 0.29) is 17.7 Å². The lowest BCUT2D eigenvalue weighted by atomic mass is 10.1. The van der Waals surface area contributed by atoms with E-state index < -0.39 is 17.9 Å². The van der Waals surface area contributed by atoms with Crippen LogP contribution in [0.4, 0.5) is 15.1 Å². The fourth-order valence-corrected chi connectivity index (χ4v) is 2.86. The molecule has 2 aromatic rings. The van der Waals surface area contributed by atoms with Crippen LogP contribution >= 0.6 is 0 Å². The quantitative estimate of drug-likeness (QED) is 0.413. The number of amides is 1. The van der Waals surface area contributed by atoms with Crippen LogP contribution in [-0.2, 0) is 16.2 Å². The number of carbonyl (C=O) groups is 1. The van der Waals surface area contributed by atoms with E-state index in [1.807, 2.05) is 11.8 Å². The van der Waals surface area contributed by atoms with E-state index in [9.17, 15) is 9.18 Å². The molecule has 1 fully saturated rings. The lowest BCUT2D eigenvalue weighted by Gasteiger charge is -2.14. The lowest BCUT2D eigenvalue weighted by Crippen LogP contribution is -2.24. The summed E-state index contributed by atoms with van der Waals surface area (Å²) in [5.41, 5.74) is 12.1. The zero-order chi connectivity index (χ0) is 21.5. The molecular weight excluding hydrogens is 393 g/mol. The van der Waals surface area contributed by atoms with Gasteiger partial charge >= 0.3 is 6.09 Å². The van der Waals surface area contributed by atoms with Gasteiger partial charge in [0.25, 0.3) is 0 Å². The molecule has 0 radical (unpaired) electrons. The fourth-order valence-electron chi connectivity index (χ4n) is 2.86. The second kappa shape index (κ2) is 9.63. The number of nitrogens with zero attached hydrogens (tertiary/aromatic N) is 5. The lowest BCUT2D eigenvalue weighted by molar-refractivity contribution is 0.149. The summed E-state index contributed by atoms with van der Waals surface area (Å²) in [7, 11) is 0. The smallest absolute Gasteiger partial charge is 0.437 e. The van der Waals surface area contributed by atoms with Crippen molar-refractivity contribution in [3.8, 4) is 11.1 Å². The number of ether oxygens (including phenoxy) is 1. The molecule has 11 heteroatoms. The van der Waals surface area contributed by atoms with Crippen LogP contribution in [0.5, 0.6) is 0 Å². The normalized spacial score (nSPS) is 14.6. The largest absolute Gasteiger partial charge is 0.443 e. The number of aromatic nitrogens is 2. The molecule has 2 heterocycles. The molecule has 0 atom stereocenters. The molecule has 0 saturated carbocycles. The van der Waals surface area contributed by atoms with Gasteiger partial charge in [0, 0.05) is 42.0 Å². The maximum absolute atomic E-state index is 14.9. The molecule has 1 saturated heterocycles. The predicted octanol–water partition coefficient (Wildman–Crippen LogP) is 1.80. The van der Waals surface area contributed by atoms with Crippen molar-refractivity contribution in [1.82, 2.24) is 9.97 Å². The van der Waals surface area contributed by atoms with E-state index in [1.54, 1.807) is 24.5 Å². The maximum Gasteiger partial charge on any atom is 0.437 e. The zero-order valence-electron chi connectivity index (χ0n) is 16.4. The molecule has 1 amide bonds. The summed E-state index contributed by atoms with van der Waals surface area (Å²) in [5, 5.41) is 4.06. The Bertz CT molecular complexity index is 959. The Morgan fingerprint density at radius 3 is 2.77 bits per heavy atom. The average Bonchev–Trinajstić information content (AvgIpc) is 3.20. The second-order valence-corrected chi connectivity index (χ2v) is 6.39. The summed E-state index contributed by atoms with van der Waals surface area (Å²) < 4.78 is 19.7. The predicted molar refractivity (Wildman–Crippen MR) is 109 cm³/mol. The number of hydrogen-bond donors (Lipinski definition) is 2. The van der Waals surface area contributed by atoms with Crippen molar-refractivity contribution in [3.63, 3.8) is 0 Å². The molecule has 0 unspecified atom stereocenters. The Morgan fingerprint density at radius 1 is 1.30 bits per heavy atom. The molecule has 1 aliphatic rings. The first-order valence-electron chi connectivity index (χ1n) is 9.26. The van der Waals surface area contributed by atoms with Crippen molar-refractivity contribution < 1.29 is 18.8 Å². The number of carbonyl (C=O) groups excluding carboxylic acids is 1. The van der Waals surface area contributed by atoms with Gasteiger partial charge in [0.15, 0.2) is 5.96 Å². The minimum Gasteiger partial charge on any atom is -0.443 e. The van der Waals surface area contributed by atoms with Crippen LogP contribution in [-0.4, -0.2) is 47.4 Å². The van der Waals surface area contributed by atoms with Gasteiger partial charge in [0.2, 0.25) is 5.95 Å². The average molecular weight is 415 g/mol. The molecule has 1 aromatic heterocycles. The Kier molecular flexibility index (Phi) is 6.73. The summed E-state index contributed by atoms with van der Waals surface area (Å²) in [6.45, 7) is 3.40. The first-order valence-corrected chi connectivity index (χ1v) is 9.26. The molecule has 3 rings (SSSR count). The van der Waals surface area contributed by atoms with Crippen molar-refractivity contribution in [2.75, 3.05) is 24.6 Å². The Morgan fingerprint density at radius 2 is 2.07 bits per heavy atom. The highest BCUT2D eigenvalue weighted by molar-refractivity contribution is 5.91. The molecule has 1 aliphatic heterocycles. The Labute approximate surface area is 172 Å². The third-order valence-corrected chi connectivity index (χ3v) is 4.25. The summed E-state index contributed by atoms with van der Waals surface area (Å²) >= 11 is 0. The Balaban J connectivity index is 1.71. The monoisotopic (exact) mass is 415 g/mol. The van der Waals surface area contributed by atoms with Crippen LogP contribution in [0.3, 0.4) is 0 Å². The van der Waals surface area contributed by atoms with Crippen molar-refractivity contribution in [1.29, 1.82) is 0 Å². The Hall–Kier alpha value is -3.76. The number of guanidine groups is 1. The van der Waals surface area contributed by atoms with Crippen LogP contribution in [0.2, 0.25) is 0 Å². The first kappa shape index (κ1) is 21.0. The van der Waals surface area contributed by atoms with Crippen molar-refractivity contribution in [3.05, 3.63) is 42.0 Å². The maximum atomic E-state index is 14.9. The number of benzene rings is 1. The molecule has 10 nitrogen and oxygen atoms in total. The van der Waals surface area contributed by atoms with Crippen LogP contribution in [0.25, 0.3) is 11.1 Å². The third-order valence-electron chi connectivity index (χ3n) is 4.25. The first-order chi connectivity index (χ1) is 14.5. The van der Waals surface area contributed by atoms with Crippen molar-refractivity contribution in [2.24, 2.45) is 21.6 Å². The summed E-state index contributed by atoms with van der Waals surface area (Å²) in [6.07, 6.45) is 2.88. The van der Waals surface area contributed by atoms with Gasteiger partial charge in [-0.3, -0.25) is 0 Å². The van der Waals surface area contributed by atoms with Crippen molar-refractivity contribution >= 4 is 23.7 Å². The summed E-state index contributed by atoms with van der Waals surface area (Å²) in [6, 6.07) is 4.74. The number of aliphatic imine (C=N–C) groups is 1. The van der Waals surface area contributed by atoms with Crippen LogP contribution in [0.1, 0.15) is 18.9 Å². The highest BCUT2D eigenvalue weighted by Crippen LogP contribution is 2.26. The topological polar surface area (TPSA) is 141 Å². The van der Waals surface area contributed by atoms with Gasteiger partial charge in [-0.1, -0.05) is 23.4 Å². The van der Waals surface area contributed by atoms with Crippen molar-refractivity contribution in [2.45, 2.75) is 20.0 Å². The number of oxime groups is 1. The minimum atomic E-state index is -0.995. The molecule has 0 spiro atoms. The number of rotatable bonds is 6. The van der Waals surface area contributed by atoms with Crippen LogP contribution in [0, 0.1) is 5.82 Å². The van der Waals surface area contributed by atoms with Gasteiger partial charge in [-0.15, -0.1) is 4.99 Å². The van der Waals surface area contributed by atoms with E-state index in [4.69, 9.17) is 21.0 Å². The third kappa shape index (κ3) is 5.19. The van der Waals surface area contributed by atoms with Gasteiger partial charge in [0.1, 0.15) is 19.0 Å². The summed E-state index contributed by atoms with van der Waals surface area (Å²) in [5.74, 6) is -0.442.